The molecule has 1 heterocycles. The molecule has 0 saturated carbocycles. The summed E-state index contributed by atoms with van der Waals surface area (Å²) < 4.78 is 12.1. The van der Waals surface area contributed by atoms with Crippen LogP contribution < -0.4 is 15.2 Å². The van der Waals surface area contributed by atoms with Crippen LogP contribution in [0.25, 0.3) is 11.4 Å². The SMILES string of the molecule is COc1ccc(-c2nc(C#N)c(N)n2C)cc1OC. The van der Waals surface area contributed by atoms with E-state index in [-0.39, 0.29) is 5.69 Å². The number of nitrogen functional groups attached to an aromatic ring is 1. The molecule has 1 aromatic carbocycles. The average Bonchev–Trinajstić information content (AvgIpc) is 2.74. The highest BCUT2D eigenvalue weighted by molar-refractivity contribution is 5.65. The van der Waals surface area contributed by atoms with Crippen molar-refractivity contribution in [3.05, 3.63) is 23.9 Å². The number of hydrogen-bond acceptors (Lipinski definition) is 5. The van der Waals surface area contributed by atoms with Crippen LogP contribution in [0.3, 0.4) is 0 Å². The van der Waals surface area contributed by atoms with Crippen molar-refractivity contribution in [1.29, 1.82) is 5.26 Å². The first-order chi connectivity index (χ1) is 9.12. The Labute approximate surface area is 111 Å². The van der Waals surface area contributed by atoms with Crippen molar-refractivity contribution in [2.75, 3.05) is 20.0 Å². The van der Waals surface area contributed by atoms with Gasteiger partial charge in [-0.25, -0.2) is 4.98 Å². The molecule has 0 bridgehead atoms. The molecule has 0 radical (unpaired) electrons. The van der Waals surface area contributed by atoms with E-state index < -0.39 is 0 Å². The predicted octanol–water partition coefficient (Wildman–Crippen LogP) is 1.56. The summed E-state index contributed by atoms with van der Waals surface area (Å²) in [6.07, 6.45) is 0. The van der Waals surface area contributed by atoms with Crippen molar-refractivity contribution < 1.29 is 9.47 Å². The lowest BCUT2D eigenvalue weighted by Gasteiger charge is -2.09. The molecule has 2 N–H and O–H groups in total. The topological polar surface area (TPSA) is 86.1 Å². The van der Waals surface area contributed by atoms with Crippen LogP contribution in [0.2, 0.25) is 0 Å². The molecule has 19 heavy (non-hydrogen) atoms. The number of nitrogens with two attached hydrogens (primary N) is 1. The van der Waals surface area contributed by atoms with Crippen molar-refractivity contribution in [2.24, 2.45) is 7.05 Å². The molecule has 98 valence electrons. The van der Waals surface area contributed by atoms with Gasteiger partial charge in [-0.1, -0.05) is 0 Å². The maximum absolute atomic E-state index is 8.94. The van der Waals surface area contributed by atoms with E-state index in [1.807, 2.05) is 12.1 Å². The number of benzene rings is 1. The third-order valence-corrected chi connectivity index (χ3v) is 2.89. The molecule has 0 aliphatic rings. The van der Waals surface area contributed by atoms with Gasteiger partial charge in [0, 0.05) is 12.6 Å². The molecule has 0 fully saturated rings. The van der Waals surface area contributed by atoms with Crippen molar-refractivity contribution in [3.63, 3.8) is 0 Å². The quantitative estimate of drug-likeness (QED) is 0.902. The molecular formula is C13H14N4O2. The van der Waals surface area contributed by atoms with Crippen LogP contribution in [0.5, 0.6) is 11.5 Å². The second kappa shape index (κ2) is 4.90. The predicted molar refractivity (Wildman–Crippen MR) is 70.9 cm³/mol. The molecule has 0 atom stereocenters. The van der Waals surface area contributed by atoms with Gasteiger partial charge in [-0.05, 0) is 18.2 Å². The Morgan fingerprint density at radius 3 is 2.47 bits per heavy atom. The minimum Gasteiger partial charge on any atom is -0.493 e. The molecule has 6 heteroatoms. The fraction of sp³-hybridized carbons (Fsp3) is 0.231. The second-order valence-corrected chi connectivity index (χ2v) is 3.91. The van der Waals surface area contributed by atoms with Crippen LogP contribution in [0, 0.1) is 11.3 Å². The lowest BCUT2D eigenvalue weighted by molar-refractivity contribution is 0.355. The molecule has 0 aliphatic heterocycles. The maximum Gasteiger partial charge on any atom is 0.183 e. The highest BCUT2D eigenvalue weighted by atomic mass is 16.5. The monoisotopic (exact) mass is 258 g/mol. The summed E-state index contributed by atoms with van der Waals surface area (Å²) >= 11 is 0. The van der Waals surface area contributed by atoms with E-state index in [9.17, 15) is 0 Å². The van der Waals surface area contributed by atoms with Gasteiger partial charge in [0.05, 0.1) is 14.2 Å². The normalized spacial score (nSPS) is 10.0. The number of aromatic nitrogens is 2. The van der Waals surface area contributed by atoms with Gasteiger partial charge in [0.25, 0.3) is 0 Å². The van der Waals surface area contributed by atoms with Crippen LogP contribution in [-0.4, -0.2) is 23.8 Å². The Balaban J connectivity index is 2.57. The first kappa shape index (κ1) is 12.8. The first-order valence-electron chi connectivity index (χ1n) is 5.57. The van der Waals surface area contributed by atoms with Crippen LogP contribution >= 0.6 is 0 Å². The van der Waals surface area contributed by atoms with Crippen LogP contribution in [0.15, 0.2) is 18.2 Å². The van der Waals surface area contributed by atoms with Crippen LogP contribution in [-0.2, 0) is 7.05 Å². The van der Waals surface area contributed by atoms with E-state index in [0.717, 1.165) is 5.56 Å². The standard InChI is InChI=1S/C13H14N4O2/c1-17-12(15)9(7-14)16-13(17)8-4-5-10(18-2)11(6-8)19-3/h4-6H,15H2,1-3H3. The molecule has 2 aromatic rings. The van der Waals surface area contributed by atoms with Gasteiger partial charge < -0.3 is 19.8 Å². The minimum absolute atomic E-state index is 0.215. The lowest BCUT2D eigenvalue weighted by Crippen LogP contribution is -1.99. The molecule has 0 unspecified atom stereocenters. The Morgan fingerprint density at radius 2 is 1.95 bits per heavy atom. The molecule has 0 amide bonds. The van der Waals surface area contributed by atoms with Crippen LogP contribution in [0.1, 0.15) is 5.69 Å². The Kier molecular flexibility index (Phi) is 3.29. The molecule has 6 nitrogen and oxygen atoms in total. The Hall–Kier alpha value is -2.68. The number of methoxy groups -OCH3 is 2. The van der Waals surface area contributed by atoms with E-state index >= 15 is 0 Å². The van der Waals surface area contributed by atoms with Crippen molar-refractivity contribution in [1.82, 2.24) is 9.55 Å². The average molecular weight is 258 g/mol. The zero-order chi connectivity index (χ0) is 14.0. The number of ether oxygens (including phenoxy) is 2. The van der Waals surface area contributed by atoms with Gasteiger partial charge >= 0.3 is 0 Å². The van der Waals surface area contributed by atoms with Crippen molar-refractivity contribution >= 4 is 5.82 Å². The highest BCUT2D eigenvalue weighted by Crippen LogP contribution is 2.32. The van der Waals surface area contributed by atoms with E-state index in [1.54, 1.807) is 38.0 Å². The van der Waals surface area contributed by atoms with Gasteiger partial charge in [0.2, 0.25) is 0 Å². The van der Waals surface area contributed by atoms with Gasteiger partial charge in [0.1, 0.15) is 17.7 Å². The van der Waals surface area contributed by atoms with E-state index in [2.05, 4.69) is 4.98 Å². The zero-order valence-electron chi connectivity index (χ0n) is 11.0. The molecule has 0 aliphatic carbocycles. The Morgan fingerprint density at radius 1 is 1.26 bits per heavy atom. The zero-order valence-corrected chi connectivity index (χ0v) is 11.0. The Bertz CT molecular complexity index is 655. The van der Waals surface area contributed by atoms with Gasteiger partial charge in [-0.3, -0.25) is 0 Å². The number of rotatable bonds is 3. The molecule has 1 aromatic heterocycles. The summed E-state index contributed by atoms with van der Waals surface area (Å²) in [5.74, 6) is 2.18. The first-order valence-corrected chi connectivity index (χ1v) is 5.57. The minimum atomic E-state index is 0.215. The molecule has 2 rings (SSSR count). The van der Waals surface area contributed by atoms with Crippen molar-refractivity contribution in [2.45, 2.75) is 0 Å². The summed E-state index contributed by atoms with van der Waals surface area (Å²) in [4.78, 5) is 4.21. The highest BCUT2D eigenvalue weighted by Gasteiger charge is 2.15. The fourth-order valence-corrected chi connectivity index (χ4v) is 1.83. The van der Waals surface area contributed by atoms with Gasteiger partial charge in [-0.2, -0.15) is 5.26 Å². The fourth-order valence-electron chi connectivity index (χ4n) is 1.83. The van der Waals surface area contributed by atoms with Crippen LogP contribution in [0.4, 0.5) is 5.82 Å². The summed E-state index contributed by atoms with van der Waals surface area (Å²) in [5, 5.41) is 8.94. The smallest absolute Gasteiger partial charge is 0.183 e. The van der Waals surface area contributed by atoms with Gasteiger partial charge in [0.15, 0.2) is 17.2 Å². The number of nitriles is 1. The number of hydrogen-bond donors (Lipinski definition) is 1. The maximum atomic E-state index is 8.94. The summed E-state index contributed by atoms with van der Waals surface area (Å²) in [6.45, 7) is 0. The summed E-state index contributed by atoms with van der Waals surface area (Å²) in [6, 6.07) is 7.38. The molecule has 0 spiro atoms. The third kappa shape index (κ3) is 2.06. The summed E-state index contributed by atoms with van der Waals surface area (Å²) in [5.41, 5.74) is 6.81. The summed E-state index contributed by atoms with van der Waals surface area (Å²) in [7, 11) is 4.90. The van der Waals surface area contributed by atoms with Gasteiger partial charge in [-0.15, -0.1) is 0 Å². The van der Waals surface area contributed by atoms with Crippen molar-refractivity contribution in [3.8, 4) is 29.0 Å². The molecular weight excluding hydrogens is 244 g/mol. The molecule has 0 saturated heterocycles. The van der Waals surface area contributed by atoms with E-state index in [4.69, 9.17) is 20.5 Å². The van der Waals surface area contributed by atoms with E-state index in [0.29, 0.717) is 23.1 Å². The lowest BCUT2D eigenvalue weighted by atomic mass is 10.2. The number of anilines is 1. The number of imidazole rings is 1. The second-order valence-electron chi connectivity index (χ2n) is 3.91. The number of nitrogens with zero attached hydrogens (tertiary/aromatic N) is 3. The third-order valence-electron chi connectivity index (χ3n) is 2.89. The van der Waals surface area contributed by atoms with E-state index in [1.165, 1.54) is 0 Å². The largest absolute Gasteiger partial charge is 0.493 e.